The first-order chi connectivity index (χ1) is 17.6. The van der Waals surface area contributed by atoms with Crippen LogP contribution >= 0.6 is 0 Å². The molecule has 0 saturated carbocycles. The van der Waals surface area contributed by atoms with Gasteiger partial charge in [0.05, 0.1) is 16.6 Å². The lowest BCUT2D eigenvalue weighted by Gasteiger charge is -2.21. The maximum absolute atomic E-state index is 4.96. The van der Waals surface area contributed by atoms with E-state index in [-0.39, 0.29) is 5.41 Å². The molecular formula is C33H23N3. The molecule has 1 aliphatic rings. The Hall–Kier alpha value is -4.50. The minimum Gasteiger partial charge on any atom is -0.278 e. The fourth-order valence-electron chi connectivity index (χ4n) is 6.27. The van der Waals surface area contributed by atoms with Crippen molar-refractivity contribution in [3.8, 4) is 17.1 Å². The number of rotatable bonds is 1. The molecule has 5 aromatic carbocycles. The molecule has 0 N–H and O–H groups in total. The lowest BCUT2D eigenvalue weighted by atomic mass is 9.81. The van der Waals surface area contributed by atoms with E-state index < -0.39 is 0 Å². The van der Waals surface area contributed by atoms with Gasteiger partial charge in [0.1, 0.15) is 0 Å². The molecule has 0 saturated heterocycles. The first-order valence-corrected chi connectivity index (χ1v) is 12.4. The first kappa shape index (κ1) is 19.8. The number of hydrogen-bond acceptors (Lipinski definition) is 2. The van der Waals surface area contributed by atoms with E-state index in [1.807, 2.05) is 24.4 Å². The van der Waals surface area contributed by atoms with Gasteiger partial charge in [0.25, 0.3) is 0 Å². The SMILES string of the molecule is CC1(C)c2ccccc2-c2cc3ccc4c(c3cc21)c1ccccc1n4-c1ncc2ccccc2n1. The van der Waals surface area contributed by atoms with Gasteiger partial charge in [-0.25, -0.2) is 9.97 Å². The number of fused-ring (bicyclic) bond motifs is 9. The molecule has 0 atom stereocenters. The summed E-state index contributed by atoms with van der Waals surface area (Å²) in [7, 11) is 0. The van der Waals surface area contributed by atoms with Gasteiger partial charge >= 0.3 is 0 Å². The Balaban J connectivity index is 1.49. The van der Waals surface area contributed by atoms with Gasteiger partial charge in [-0.1, -0.05) is 80.6 Å². The van der Waals surface area contributed by atoms with Gasteiger partial charge in [0, 0.05) is 27.8 Å². The quantitative estimate of drug-likeness (QED) is 0.247. The van der Waals surface area contributed by atoms with Crippen molar-refractivity contribution in [3.05, 3.63) is 114 Å². The summed E-state index contributed by atoms with van der Waals surface area (Å²) in [5, 5.41) is 6.07. The maximum Gasteiger partial charge on any atom is 0.235 e. The lowest BCUT2D eigenvalue weighted by molar-refractivity contribution is 0.661. The molecule has 0 bridgehead atoms. The fourth-order valence-corrected chi connectivity index (χ4v) is 6.27. The largest absolute Gasteiger partial charge is 0.278 e. The second-order valence-corrected chi connectivity index (χ2v) is 10.3. The summed E-state index contributed by atoms with van der Waals surface area (Å²) in [6.07, 6.45) is 1.92. The number of hydrogen-bond donors (Lipinski definition) is 0. The second-order valence-electron chi connectivity index (χ2n) is 10.3. The minimum atomic E-state index is -0.0396. The van der Waals surface area contributed by atoms with E-state index in [4.69, 9.17) is 9.97 Å². The van der Waals surface area contributed by atoms with Crippen molar-refractivity contribution < 1.29 is 0 Å². The Kier molecular flexibility index (Phi) is 3.73. The van der Waals surface area contributed by atoms with E-state index in [1.165, 1.54) is 43.8 Å². The second kappa shape index (κ2) is 6.79. The third-order valence-corrected chi connectivity index (χ3v) is 8.03. The van der Waals surface area contributed by atoms with Gasteiger partial charge in [-0.2, -0.15) is 0 Å². The molecule has 170 valence electrons. The average Bonchev–Trinajstić information content (AvgIpc) is 3.37. The van der Waals surface area contributed by atoms with Crippen LogP contribution in [0, 0.1) is 0 Å². The van der Waals surface area contributed by atoms with Crippen LogP contribution in [0.3, 0.4) is 0 Å². The third-order valence-electron chi connectivity index (χ3n) is 8.03. The van der Waals surface area contributed by atoms with Crippen LogP contribution in [0.15, 0.2) is 103 Å². The molecule has 0 fully saturated rings. The van der Waals surface area contributed by atoms with Gasteiger partial charge < -0.3 is 0 Å². The summed E-state index contributed by atoms with van der Waals surface area (Å²) in [5.41, 5.74) is 8.66. The molecule has 2 aromatic heterocycles. The summed E-state index contributed by atoms with van der Waals surface area (Å²) >= 11 is 0. The molecule has 0 spiro atoms. The summed E-state index contributed by atoms with van der Waals surface area (Å²) in [5.74, 6) is 0.702. The Labute approximate surface area is 208 Å². The number of aromatic nitrogens is 3. The standard InChI is InChI=1S/C33H23N3/c1-33(2)26-12-6-4-10-22(26)25-17-20-15-16-30-31(24(20)18-27(25)33)23-11-5-8-14-29(23)36(30)32-34-19-21-9-3-7-13-28(21)35-32/h3-19H,1-2H3. The third kappa shape index (κ3) is 2.47. The van der Waals surface area contributed by atoms with Crippen LogP contribution in [-0.4, -0.2) is 14.5 Å². The zero-order chi connectivity index (χ0) is 24.0. The van der Waals surface area contributed by atoms with Crippen molar-refractivity contribution in [1.82, 2.24) is 14.5 Å². The molecule has 8 rings (SSSR count). The van der Waals surface area contributed by atoms with Gasteiger partial charge in [-0.05, 0) is 63.4 Å². The minimum absolute atomic E-state index is 0.0396. The van der Waals surface area contributed by atoms with Crippen LogP contribution in [0.1, 0.15) is 25.0 Å². The van der Waals surface area contributed by atoms with Crippen molar-refractivity contribution in [3.63, 3.8) is 0 Å². The van der Waals surface area contributed by atoms with E-state index in [2.05, 4.69) is 97.3 Å². The monoisotopic (exact) mass is 461 g/mol. The van der Waals surface area contributed by atoms with E-state index >= 15 is 0 Å². The van der Waals surface area contributed by atoms with Crippen molar-refractivity contribution in [1.29, 1.82) is 0 Å². The number of nitrogens with zero attached hydrogens (tertiary/aromatic N) is 3. The van der Waals surface area contributed by atoms with Gasteiger partial charge in [0.2, 0.25) is 5.95 Å². The summed E-state index contributed by atoms with van der Waals surface area (Å²) in [6, 6.07) is 34.9. The van der Waals surface area contributed by atoms with E-state index in [0.717, 1.165) is 21.9 Å². The van der Waals surface area contributed by atoms with Crippen molar-refractivity contribution in [2.24, 2.45) is 0 Å². The lowest BCUT2D eigenvalue weighted by Crippen LogP contribution is -2.14. The zero-order valence-electron chi connectivity index (χ0n) is 20.2. The Morgan fingerprint density at radius 1 is 0.639 bits per heavy atom. The number of benzene rings is 5. The fraction of sp³-hybridized carbons (Fsp3) is 0.0909. The topological polar surface area (TPSA) is 30.7 Å². The molecule has 2 heterocycles. The van der Waals surface area contributed by atoms with Gasteiger partial charge in [0.15, 0.2) is 0 Å². The van der Waals surface area contributed by atoms with Gasteiger partial charge in [-0.15, -0.1) is 0 Å². The molecule has 0 amide bonds. The van der Waals surface area contributed by atoms with Crippen molar-refractivity contribution in [2.45, 2.75) is 19.3 Å². The Morgan fingerprint density at radius 2 is 1.44 bits per heavy atom. The van der Waals surface area contributed by atoms with Crippen LogP contribution < -0.4 is 0 Å². The molecule has 7 aromatic rings. The summed E-state index contributed by atoms with van der Waals surface area (Å²) in [6.45, 7) is 4.69. The molecule has 36 heavy (non-hydrogen) atoms. The zero-order valence-corrected chi connectivity index (χ0v) is 20.2. The molecule has 0 aliphatic heterocycles. The molecular weight excluding hydrogens is 438 g/mol. The van der Waals surface area contributed by atoms with Crippen LogP contribution in [0.25, 0.3) is 60.6 Å². The highest BCUT2D eigenvalue weighted by molar-refractivity contribution is 6.22. The van der Waals surface area contributed by atoms with E-state index in [1.54, 1.807) is 0 Å². The average molecular weight is 462 g/mol. The van der Waals surface area contributed by atoms with Crippen LogP contribution in [-0.2, 0) is 5.41 Å². The highest BCUT2D eigenvalue weighted by Gasteiger charge is 2.35. The molecule has 3 nitrogen and oxygen atoms in total. The molecule has 0 unspecified atom stereocenters. The van der Waals surface area contributed by atoms with Crippen molar-refractivity contribution >= 4 is 43.5 Å². The smallest absolute Gasteiger partial charge is 0.235 e. The predicted octanol–water partition coefficient (Wildman–Crippen LogP) is 8.19. The molecule has 1 aliphatic carbocycles. The van der Waals surface area contributed by atoms with Crippen LogP contribution in [0.5, 0.6) is 0 Å². The Morgan fingerprint density at radius 3 is 2.39 bits per heavy atom. The maximum atomic E-state index is 4.96. The Bertz CT molecular complexity index is 2030. The molecule has 3 heteroatoms. The van der Waals surface area contributed by atoms with Gasteiger partial charge in [-0.3, -0.25) is 4.57 Å². The van der Waals surface area contributed by atoms with E-state index in [9.17, 15) is 0 Å². The highest BCUT2D eigenvalue weighted by Crippen LogP contribution is 2.50. The van der Waals surface area contributed by atoms with Crippen molar-refractivity contribution in [2.75, 3.05) is 0 Å². The van der Waals surface area contributed by atoms with Crippen LogP contribution in [0.2, 0.25) is 0 Å². The van der Waals surface area contributed by atoms with E-state index in [0.29, 0.717) is 5.95 Å². The van der Waals surface area contributed by atoms with Crippen LogP contribution in [0.4, 0.5) is 0 Å². The number of para-hydroxylation sites is 2. The molecule has 0 radical (unpaired) electrons. The summed E-state index contributed by atoms with van der Waals surface area (Å²) in [4.78, 5) is 9.75. The highest BCUT2D eigenvalue weighted by atomic mass is 15.2. The normalized spacial score (nSPS) is 14.1. The summed E-state index contributed by atoms with van der Waals surface area (Å²) < 4.78 is 2.21. The predicted molar refractivity (Wildman–Crippen MR) is 149 cm³/mol. The first-order valence-electron chi connectivity index (χ1n) is 12.4.